The average Bonchev–Trinajstić information content (AvgIpc) is 3.05. The Labute approximate surface area is 163 Å². The molecule has 6 nitrogen and oxygen atoms in total. The number of carbonyl (C=O) groups excluding carboxylic acids is 1. The highest BCUT2D eigenvalue weighted by molar-refractivity contribution is 7.13. The quantitative estimate of drug-likeness (QED) is 0.578. The molecule has 0 bridgehead atoms. The number of benzene rings is 1. The van der Waals surface area contributed by atoms with Gasteiger partial charge in [0.15, 0.2) is 0 Å². The molecule has 2 heterocycles. The number of nitrogens with two attached hydrogens (primary N) is 1. The zero-order valence-electron chi connectivity index (χ0n) is 15.0. The average molecular weight is 412 g/mol. The molecule has 0 saturated heterocycles. The van der Waals surface area contributed by atoms with E-state index in [9.17, 15) is 18.0 Å². The van der Waals surface area contributed by atoms with Gasteiger partial charge in [-0.15, -0.1) is 13.2 Å². The smallest absolute Gasteiger partial charge is 0.405 e. The van der Waals surface area contributed by atoms with E-state index in [0.29, 0.717) is 0 Å². The van der Waals surface area contributed by atoms with Gasteiger partial charge < -0.3 is 15.8 Å². The summed E-state index contributed by atoms with van der Waals surface area (Å²) in [5, 5.41) is 4.46. The third-order valence-corrected chi connectivity index (χ3v) is 4.22. The molecule has 0 fully saturated rings. The molecule has 0 spiro atoms. The van der Waals surface area contributed by atoms with Gasteiger partial charge in [-0.05, 0) is 42.2 Å². The van der Waals surface area contributed by atoms with E-state index in [4.69, 9.17) is 5.73 Å². The number of ether oxygens (including phenoxy) is 1. The predicted octanol–water partition coefficient (Wildman–Crippen LogP) is 4.59. The number of pyridine rings is 1. The number of nitrogens with one attached hydrogen (secondary N) is 1. The van der Waals surface area contributed by atoms with Crippen molar-refractivity contribution < 1.29 is 22.7 Å². The minimum atomic E-state index is -4.83. The number of para-hydroxylation sites is 1. The van der Waals surface area contributed by atoms with Crippen LogP contribution in [0.15, 0.2) is 42.6 Å². The number of hydrogen-bond donors (Lipinski definition) is 2. The first-order valence-corrected chi connectivity index (χ1v) is 9.18. The lowest BCUT2D eigenvalue weighted by atomic mass is 10.2. The Hall–Kier alpha value is -2.88. The van der Waals surface area contributed by atoms with E-state index in [-0.39, 0.29) is 5.56 Å². The van der Waals surface area contributed by atoms with Gasteiger partial charge in [0.05, 0.1) is 10.9 Å². The molecule has 1 aromatic carbocycles. The van der Waals surface area contributed by atoms with Crippen LogP contribution in [-0.2, 0) is 0 Å². The van der Waals surface area contributed by atoms with E-state index in [2.05, 4.69) is 32.4 Å². The monoisotopic (exact) mass is 412 g/mol. The maximum absolute atomic E-state index is 11.8. The first-order valence-electron chi connectivity index (χ1n) is 8.40. The molecule has 150 valence electrons. The van der Waals surface area contributed by atoms with Crippen LogP contribution in [0.25, 0.3) is 10.2 Å². The second-order valence-corrected chi connectivity index (χ2v) is 6.33. The highest BCUT2D eigenvalue weighted by Crippen LogP contribution is 2.26. The van der Waals surface area contributed by atoms with Gasteiger partial charge in [-0.3, -0.25) is 4.79 Å². The fourth-order valence-electron chi connectivity index (χ4n) is 2.18. The molecule has 0 aliphatic heterocycles. The Kier molecular flexibility index (Phi) is 7.56. The molecule has 0 saturated carbocycles. The normalized spacial score (nSPS) is 10.9. The number of hydrogen-bond acceptors (Lipinski definition) is 6. The van der Waals surface area contributed by atoms with Crippen molar-refractivity contribution in [3.8, 4) is 5.75 Å². The number of fused-ring (bicyclic) bond motifs is 1. The highest BCUT2D eigenvalue weighted by Gasteiger charge is 2.32. The number of primary amides is 1. The number of amides is 1. The number of alkyl halides is 3. The maximum Gasteiger partial charge on any atom is 0.573 e. The first-order chi connectivity index (χ1) is 13.3. The Morgan fingerprint density at radius 2 is 2.00 bits per heavy atom. The van der Waals surface area contributed by atoms with Gasteiger partial charge in [0.1, 0.15) is 16.4 Å². The number of unbranched alkanes of at least 4 members (excludes halogenated alkanes) is 1. The van der Waals surface area contributed by atoms with Crippen LogP contribution < -0.4 is 15.8 Å². The Morgan fingerprint density at radius 1 is 1.25 bits per heavy atom. The van der Waals surface area contributed by atoms with E-state index in [0.717, 1.165) is 34.7 Å². The van der Waals surface area contributed by atoms with Crippen LogP contribution in [0.1, 0.15) is 30.1 Å². The summed E-state index contributed by atoms with van der Waals surface area (Å²) in [4.78, 5) is 15.9. The van der Waals surface area contributed by atoms with Crippen LogP contribution in [0.5, 0.6) is 5.75 Å². The van der Waals surface area contributed by atoms with Crippen LogP contribution in [0, 0.1) is 0 Å². The third-order valence-electron chi connectivity index (χ3n) is 3.45. The standard InChI is InChI=1S/C10H13N3S.C8H6F3NO2/c1-2-3-6-11-9-8-5-4-7-12-10(8)14-13-9;9-8(10,11)14-6-4-2-1-3-5(6)7(12)13/h4-5,7H,2-3,6H2,1H3,(H,11,13);1-4H,(H2,12,13). The van der Waals surface area contributed by atoms with Gasteiger partial charge in [0, 0.05) is 12.7 Å². The zero-order valence-corrected chi connectivity index (χ0v) is 15.8. The van der Waals surface area contributed by atoms with Crippen LogP contribution in [-0.4, -0.2) is 28.2 Å². The topological polar surface area (TPSA) is 90.1 Å². The van der Waals surface area contributed by atoms with Crippen molar-refractivity contribution in [3.63, 3.8) is 0 Å². The van der Waals surface area contributed by atoms with Crippen molar-refractivity contribution in [3.05, 3.63) is 48.2 Å². The number of nitrogens with zero attached hydrogens (tertiary/aromatic N) is 2. The lowest BCUT2D eigenvalue weighted by molar-refractivity contribution is -0.274. The van der Waals surface area contributed by atoms with E-state index in [1.165, 1.54) is 36.5 Å². The number of rotatable bonds is 6. The SMILES string of the molecule is CCCCNc1nsc2ncccc12.NC(=O)c1ccccc1OC(F)(F)F. The van der Waals surface area contributed by atoms with E-state index < -0.39 is 18.0 Å². The number of anilines is 1. The minimum absolute atomic E-state index is 0.301. The second kappa shape index (κ2) is 9.88. The molecule has 1 amide bonds. The van der Waals surface area contributed by atoms with Crippen molar-refractivity contribution in [2.24, 2.45) is 5.73 Å². The molecule has 28 heavy (non-hydrogen) atoms. The molecule has 3 rings (SSSR count). The summed E-state index contributed by atoms with van der Waals surface area (Å²) in [5.41, 5.74) is 4.55. The van der Waals surface area contributed by atoms with Crippen molar-refractivity contribution in [2.45, 2.75) is 26.1 Å². The van der Waals surface area contributed by atoms with Crippen LogP contribution in [0.4, 0.5) is 19.0 Å². The lowest BCUT2D eigenvalue weighted by Gasteiger charge is -2.10. The molecular formula is C18H19F3N4O2S. The molecule has 0 radical (unpaired) electrons. The van der Waals surface area contributed by atoms with Crippen molar-refractivity contribution in [1.29, 1.82) is 0 Å². The summed E-state index contributed by atoms with van der Waals surface area (Å²) < 4.78 is 43.4. The van der Waals surface area contributed by atoms with Gasteiger partial charge in [0.2, 0.25) is 0 Å². The van der Waals surface area contributed by atoms with Gasteiger partial charge in [-0.25, -0.2) is 4.98 Å². The van der Waals surface area contributed by atoms with E-state index >= 15 is 0 Å². The fraction of sp³-hybridized carbons (Fsp3) is 0.278. The number of halogens is 3. The molecular weight excluding hydrogens is 393 g/mol. The summed E-state index contributed by atoms with van der Waals surface area (Å²) in [6.07, 6.45) is -0.644. The summed E-state index contributed by atoms with van der Waals surface area (Å²) in [7, 11) is 0. The Morgan fingerprint density at radius 3 is 2.68 bits per heavy atom. The summed E-state index contributed by atoms with van der Waals surface area (Å²) in [6.45, 7) is 3.17. The van der Waals surface area contributed by atoms with Gasteiger partial charge in [-0.2, -0.15) is 4.37 Å². The highest BCUT2D eigenvalue weighted by atomic mass is 32.1. The number of carbonyl (C=O) groups is 1. The van der Waals surface area contributed by atoms with Crippen LogP contribution in [0.3, 0.4) is 0 Å². The van der Waals surface area contributed by atoms with Gasteiger partial charge in [-0.1, -0.05) is 25.5 Å². The first kappa shape index (κ1) is 21.4. The minimum Gasteiger partial charge on any atom is -0.405 e. The van der Waals surface area contributed by atoms with Crippen LogP contribution >= 0.6 is 11.5 Å². The molecule has 2 aromatic heterocycles. The van der Waals surface area contributed by atoms with E-state index in [1.807, 2.05) is 6.07 Å². The zero-order chi connectivity index (χ0) is 20.6. The molecule has 0 aliphatic rings. The second-order valence-electron chi connectivity index (χ2n) is 5.58. The summed E-state index contributed by atoms with van der Waals surface area (Å²) in [6, 6.07) is 8.88. The Balaban J connectivity index is 0.000000200. The van der Waals surface area contributed by atoms with Crippen molar-refractivity contribution >= 4 is 33.5 Å². The molecule has 0 atom stereocenters. The molecule has 0 unspecified atom stereocenters. The Bertz CT molecular complexity index is 915. The predicted molar refractivity (Wildman–Crippen MR) is 102 cm³/mol. The molecule has 0 aliphatic carbocycles. The van der Waals surface area contributed by atoms with Gasteiger partial charge >= 0.3 is 6.36 Å². The molecule has 10 heteroatoms. The van der Waals surface area contributed by atoms with Crippen molar-refractivity contribution in [1.82, 2.24) is 9.36 Å². The third kappa shape index (κ3) is 6.38. The van der Waals surface area contributed by atoms with Gasteiger partial charge in [0.25, 0.3) is 5.91 Å². The summed E-state index contributed by atoms with van der Waals surface area (Å²) >= 11 is 1.45. The van der Waals surface area contributed by atoms with Crippen LogP contribution in [0.2, 0.25) is 0 Å². The maximum atomic E-state index is 11.8. The number of aromatic nitrogens is 2. The molecule has 3 N–H and O–H groups in total. The molecule has 3 aromatic rings. The van der Waals surface area contributed by atoms with E-state index in [1.54, 1.807) is 6.20 Å². The summed E-state index contributed by atoms with van der Waals surface area (Å²) in [5.74, 6) is -0.580. The largest absolute Gasteiger partial charge is 0.573 e. The lowest BCUT2D eigenvalue weighted by Crippen LogP contribution is -2.20. The fourth-order valence-corrected chi connectivity index (χ4v) is 2.89. The van der Waals surface area contributed by atoms with Crippen molar-refractivity contribution in [2.75, 3.05) is 11.9 Å².